The minimum absolute atomic E-state index is 0.540. The van der Waals surface area contributed by atoms with Crippen molar-refractivity contribution in [2.24, 2.45) is 5.41 Å². The minimum atomic E-state index is 0.540. The molecule has 0 unspecified atom stereocenters. The van der Waals surface area contributed by atoms with Crippen LogP contribution in [-0.2, 0) is 0 Å². The van der Waals surface area contributed by atoms with Gasteiger partial charge in [-0.15, -0.1) is 0 Å². The molecule has 0 aliphatic rings. The van der Waals surface area contributed by atoms with Crippen LogP contribution in [0.25, 0.3) is 0 Å². The molecule has 74 valence electrons. The lowest BCUT2D eigenvalue weighted by Gasteiger charge is -2.22. The summed E-state index contributed by atoms with van der Waals surface area (Å²) in [5.74, 6) is 0. The summed E-state index contributed by atoms with van der Waals surface area (Å²) in [7, 11) is 0. The Morgan fingerprint density at radius 1 is 1.25 bits per heavy atom. The Hall–Kier alpha value is -0.0400. The third-order valence-electron chi connectivity index (χ3n) is 2.54. The monoisotopic (exact) mass is 171 g/mol. The van der Waals surface area contributed by atoms with Gasteiger partial charge in [-0.1, -0.05) is 41.0 Å². The van der Waals surface area contributed by atoms with Crippen LogP contribution in [0.2, 0.25) is 0 Å². The van der Waals surface area contributed by atoms with Crippen molar-refractivity contribution in [1.82, 2.24) is 5.32 Å². The second kappa shape index (κ2) is 5.58. The van der Waals surface area contributed by atoms with Crippen molar-refractivity contribution in [2.75, 3.05) is 6.54 Å². The lowest BCUT2D eigenvalue weighted by molar-refractivity contribution is 0.308. The lowest BCUT2D eigenvalue weighted by atomic mass is 9.85. The Balaban J connectivity index is 3.31. The predicted molar refractivity (Wildman–Crippen MR) is 56.4 cm³/mol. The van der Waals surface area contributed by atoms with E-state index >= 15 is 0 Å². The SMILES string of the molecule is CCC(C)(C)CCCNC(C)C. The molecule has 0 aromatic heterocycles. The molecule has 0 aromatic carbocycles. The van der Waals surface area contributed by atoms with Crippen LogP contribution in [0.5, 0.6) is 0 Å². The molecule has 1 N–H and O–H groups in total. The first-order chi connectivity index (χ1) is 5.48. The molecule has 0 heterocycles. The van der Waals surface area contributed by atoms with E-state index in [1.165, 1.54) is 25.8 Å². The average molecular weight is 171 g/mol. The largest absolute Gasteiger partial charge is 0.315 e. The maximum absolute atomic E-state index is 3.44. The molecule has 0 saturated carbocycles. The molecule has 0 bridgehead atoms. The van der Waals surface area contributed by atoms with E-state index in [9.17, 15) is 0 Å². The van der Waals surface area contributed by atoms with E-state index in [1.807, 2.05) is 0 Å². The van der Waals surface area contributed by atoms with Crippen molar-refractivity contribution < 1.29 is 0 Å². The molecule has 0 radical (unpaired) electrons. The summed E-state index contributed by atoms with van der Waals surface area (Å²) in [6.45, 7) is 12.5. The summed E-state index contributed by atoms with van der Waals surface area (Å²) in [5.41, 5.74) is 0.540. The molecule has 1 heteroatoms. The van der Waals surface area contributed by atoms with Crippen molar-refractivity contribution in [3.63, 3.8) is 0 Å². The van der Waals surface area contributed by atoms with Gasteiger partial charge in [-0.25, -0.2) is 0 Å². The third-order valence-corrected chi connectivity index (χ3v) is 2.54. The third kappa shape index (κ3) is 6.66. The van der Waals surface area contributed by atoms with E-state index < -0.39 is 0 Å². The smallest absolute Gasteiger partial charge is 0.00103 e. The molecule has 0 aromatic rings. The van der Waals surface area contributed by atoms with Gasteiger partial charge in [0.05, 0.1) is 0 Å². The topological polar surface area (TPSA) is 12.0 Å². The second-order valence-corrected chi connectivity index (χ2v) is 4.73. The Kier molecular flexibility index (Phi) is 5.56. The van der Waals surface area contributed by atoms with Gasteiger partial charge < -0.3 is 5.32 Å². The summed E-state index contributed by atoms with van der Waals surface area (Å²) >= 11 is 0. The van der Waals surface area contributed by atoms with Crippen LogP contribution >= 0.6 is 0 Å². The molecule has 0 rings (SSSR count). The van der Waals surface area contributed by atoms with Crippen LogP contribution < -0.4 is 5.32 Å². The summed E-state index contributed by atoms with van der Waals surface area (Å²) in [6, 6.07) is 0.634. The van der Waals surface area contributed by atoms with E-state index in [4.69, 9.17) is 0 Å². The first-order valence-electron chi connectivity index (χ1n) is 5.21. The molecular formula is C11H25N. The zero-order valence-corrected chi connectivity index (χ0v) is 9.41. The van der Waals surface area contributed by atoms with E-state index in [1.54, 1.807) is 0 Å². The molecule has 0 aliphatic heterocycles. The van der Waals surface area contributed by atoms with E-state index in [2.05, 4.69) is 39.9 Å². The number of hydrogen-bond donors (Lipinski definition) is 1. The molecule has 0 atom stereocenters. The first kappa shape index (κ1) is 12.0. The molecule has 0 saturated heterocycles. The highest BCUT2D eigenvalue weighted by Gasteiger charge is 2.13. The summed E-state index contributed by atoms with van der Waals surface area (Å²) < 4.78 is 0. The van der Waals surface area contributed by atoms with E-state index in [0.717, 1.165) is 0 Å². The molecule has 0 spiro atoms. The van der Waals surface area contributed by atoms with Gasteiger partial charge in [0.2, 0.25) is 0 Å². The zero-order valence-electron chi connectivity index (χ0n) is 9.41. The van der Waals surface area contributed by atoms with Crippen molar-refractivity contribution >= 4 is 0 Å². The van der Waals surface area contributed by atoms with Crippen molar-refractivity contribution in [3.05, 3.63) is 0 Å². The molecule has 12 heavy (non-hydrogen) atoms. The highest BCUT2D eigenvalue weighted by Crippen LogP contribution is 2.25. The second-order valence-electron chi connectivity index (χ2n) is 4.73. The van der Waals surface area contributed by atoms with E-state index in [-0.39, 0.29) is 0 Å². The number of rotatable bonds is 6. The standard InChI is InChI=1S/C11H25N/c1-6-11(4,5)8-7-9-12-10(2)3/h10,12H,6-9H2,1-5H3. The van der Waals surface area contributed by atoms with Gasteiger partial charge >= 0.3 is 0 Å². The van der Waals surface area contributed by atoms with Crippen LogP contribution in [0.15, 0.2) is 0 Å². The zero-order chi connectivity index (χ0) is 9.61. The first-order valence-corrected chi connectivity index (χ1v) is 5.21. The van der Waals surface area contributed by atoms with Crippen molar-refractivity contribution in [1.29, 1.82) is 0 Å². The number of nitrogens with one attached hydrogen (secondary N) is 1. The highest BCUT2D eigenvalue weighted by molar-refractivity contribution is 4.67. The fourth-order valence-electron chi connectivity index (χ4n) is 1.13. The van der Waals surface area contributed by atoms with Gasteiger partial charge in [-0.2, -0.15) is 0 Å². The molecule has 0 aliphatic carbocycles. The van der Waals surface area contributed by atoms with Gasteiger partial charge in [0.15, 0.2) is 0 Å². The Morgan fingerprint density at radius 2 is 1.83 bits per heavy atom. The predicted octanol–water partition coefficient (Wildman–Crippen LogP) is 3.20. The fourth-order valence-corrected chi connectivity index (χ4v) is 1.13. The van der Waals surface area contributed by atoms with Gasteiger partial charge in [0.25, 0.3) is 0 Å². The van der Waals surface area contributed by atoms with Crippen molar-refractivity contribution in [2.45, 2.75) is 59.9 Å². The van der Waals surface area contributed by atoms with Crippen LogP contribution in [-0.4, -0.2) is 12.6 Å². The summed E-state index contributed by atoms with van der Waals surface area (Å²) in [5, 5.41) is 3.44. The summed E-state index contributed by atoms with van der Waals surface area (Å²) in [4.78, 5) is 0. The maximum Gasteiger partial charge on any atom is 0.00103 e. The Bertz CT molecular complexity index is 106. The fraction of sp³-hybridized carbons (Fsp3) is 1.00. The lowest BCUT2D eigenvalue weighted by Crippen LogP contribution is -2.24. The van der Waals surface area contributed by atoms with Gasteiger partial charge in [-0.3, -0.25) is 0 Å². The van der Waals surface area contributed by atoms with Gasteiger partial charge in [0.1, 0.15) is 0 Å². The van der Waals surface area contributed by atoms with Crippen molar-refractivity contribution in [3.8, 4) is 0 Å². The quantitative estimate of drug-likeness (QED) is 0.605. The van der Waals surface area contributed by atoms with Crippen LogP contribution in [0.1, 0.15) is 53.9 Å². The van der Waals surface area contributed by atoms with Crippen LogP contribution in [0.4, 0.5) is 0 Å². The normalized spacial score (nSPS) is 12.5. The maximum atomic E-state index is 3.44. The highest BCUT2D eigenvalue weighted by atomic mass is 14.9. The molecule has 1 nitrogen and oxygen atoms in total. The Labute approximate surface area is 77.9 Å². The molecule has 0 fully saturated rings. The number of hydrogen-bond acceptors (Lipinski definition) is 1. The van der Waals surface area contributed by atoms with Crippen LogP contribution in [0.3, 0.4) is 0 Å². The molecule has 0 amide bonds. The minimum Gasteiger partial charge on any atom is -0.315 e. The molecular weight excluding hydrogens is 146 g/mol. The van der Waals surface area contributed by atoms with Gasteiger partial charge in [-0.05, 0) is 24.8 Å². The van der Waals surface area contributed by atoms with Crippen LogP contribution in [0, 0.1) is 5.41 Å². The van der Waals surface area contributed by atoms with E-state index in [0.29, 0.717) is 11.5 Å². The average Bonchev–Trinajstić information content (AvgIpc) is 1.98. The summed E-state index contributed by atoms with van der Waals surface area (Å²) in [6.07, 6.45) is 3.93. The Morgan fingerprint density at radius 3 is 2.25 bits per heavy atom. The van der Waals surface area contributed by atoms with Gasteiger partial charge in [0, 0.05) is 6.04 Å².